The summed E-state index contributed by atoms with van der Waals surface area (Å²) in [5, 5.41) is 7.89. The SMILES string of the molecule is c1ccc(C2=NC(c3cc(N(c4ccc(-c5ccccc5)cc4)c4ccc5oc6ccccc6c5c4)cc4oc5ccccc5c34)NC(c3ccccc3)=N2)cc1. The van der Waals surface area contributed by atoms with E-state index in [2.05, 4.69) is 138 Å². The maximum absolute atomic E-state index is 6.71. The minimum absolute atomic E-state index is 0.487. The van der Waals surface area contributed by atoms with Crippen LogP contribution < -0.4 is 10.2 Å². The first kappa shape index (κ1) is 32.7. The summed E-state index contributed by atoms with van der Waals surface area (Å²) in [4.78, 5) is 12.7. The Balaban J connectivity index is 1.14. The van der Waals surface area contributed by atoms with Crippen LogP contribution in [0.4, 0.5) is 17.1 Å². The lowest BCUT2D eigenvalue weighted by atomic mass is 10.0. The number of nitrogens with zero attached hydrogens (tertiary/aromatic N) is 3. The zero-order valence-electron chi connectivity index (χ0n) is 30.7. The molecule has 0 spiro atoms. The zero-order chi connectivity index (χ0) is 37.7. The van der Waals surface area contributed by atoms with E-state index in [1.165, 1.54) is 5.56 Å². The van der Waals surface area contributed by atoms with Gasteiger partial charge in [0.15, 0.2) is 5.84 Å². The van der Waals surface area contributed by atoms with Gasteiger partial charge in [0.1, 0.15) is 34.3 Å². The molecule has 0 amide bonds. The van der Waals surface area contributed by atoms with Crippen molar-refractivity contribution in [1.82, 2.24) is 5.32 Å². The third kappa shape index (κ3) is 5.83. The molecule has 3 heterocycles. The Morgan fingerprint density at radius 2 is 0.982 bits per heavy atom. The minimum Gasteiger partial charge on any atom is -0.456 e. The van der Waals surface area contributed by atoms with Crippen molar-refractivity contribution in [3.8, 4) is 11.1 Å². The second kappa shape index (κ2) is 13.6. The van der Waals surface area contributed by atoms with Crippen LogP contribution in [0.15, 0.2) is 213 Å². The van der Waals surface area contributed by atoms with E-state index < -0.39 is 6.17 Å². The van der Waals surface area contributed by atoms with E-state index in [-0.39, 0.29) is 0 Å². The molecule has 0 saturated carbocycles. The monoisotopic (exact) mass is 734 g/mol. The molecular formula is C51H34N4O2. The Morgan fingerprint density at radius 3 is 1.72 bits per heavy atom. The molecule has 6 heteroatoms. The van der Waals surface area contributed by atoms with Gasteiger partial charge in [-0.05, 0) is 59.7 Å². The Bertz CT molecular complexity index is 3150. The smallest absolute Gasteiger partial charge is 0.159 e. The van der Waals surface area contributed by atoms with Crippen LogP contribution in [0.1, 0.15) is 22.9 Å². The van der Waals surface area contributed by atoms with Crippen LogP contribution in [0.3, 0.4) is 0 Å². The molecule has 1 atom stereocenters. The highest BCUT2D eigenvalue weighted by molar-refractivity contribution is 6.14. The number of anilines is 3. The zero-order valence-corrected chi connectivity index (χ0v) is 30.7. The van der Waals surface area contributed by atoms with Gasteiger partial charge >= 0.3 is 0 Å². The lowest BCUT2D eigenvalue weighted by Crippen LogP contribution is -2.33. The molecule has 6 nitrogen and oxygen atoms in total. The van der Waals surface area contributed by atoms with Crippen LogP contribution in [0, 0.1) is 0 Å². The summed E-state index contributed by atoms with van der Waals surface area (Å²) in [5.74, 6) is 1.42. The molecule has 11 rings (SSSR count). The normalized spacial score (nSPS) is 14.1. The summed E-state index contributed by atoms with van der Waals surface area (Å²) in [6.45, 7) is 0. The Hall–Kier alpha value is -7.70. The van der Waals surface area contributed by atoms with E-state index in [0.29, 0.717) is 5.84 Å². The topological polar surface area (TPSA) is 66.3 Å². The van der Waals surface area contributed by atoms with Crippen molar-refractivity contribution < 1.29 is 8.83 Å². The molecule has 8 aromatic carbocycles. The first-order chi connectivity index (χ1) is 28.2. The van der Waals surface area contributed by atoms with Crippen LogP contribution >= 0.6 is 0 Å². The number of amidine groups is 2. The van der Waals surface area contributed by atoms with Gasteiger partial charge in [-0.2, -0.15) is 0 Å². The van der Waals surface area contributed by atoms with Crippen molar-refractivity contribution in [3.05, 3.63) is 211 Å². The summed E-state index contributed by atoms with van der Waals surface area (Å²) >= 11 is 0. The number of benzene rings is 8. The van der Waals surface area contributed by atoms with Crippen LogP contribution in [-0.4, -0.2) is 11.7 Å². The minimum atomic E-state index is -0.487. The molecule has 0 aliphatic carbocycles. The lowest BCUT2D eigenvalue weighted by Gasteiger charge is -2.28. The highest BCUT2D eigenvalue weighted by atomic mass is 16.3. The number of hydrogen-bond donors (Lipinski definition) is 1. The largest absolute Gasteiger partial charge is 0.456 e. The van der Waals surface area contributed by atoms with Crippen molar-refractivity contribution in [1.29, 1.82) is 0 Å². The maximum Gasteiger partial charge on any atom is 0.159 e. The van der Waals surface area contributed by atoms with Crippen molar-refractivity contribution >= 4 is 72.6 Å². The number of hydrogen-bond acceptors (Lipinski definition) is 6. The molecule has 2 aromatic heterocycles. The van der Waals surface area contributed by atoms with Crippen LogP contribution in [-0.2, 0) is 0 Å². The van der Waals surface area contributed by atoms with Crippen LogP contribution in [0.2, 0.25) is 0 Å². The molecular weight excluding hydrogens is 701 g/mol. The number of para-hydroxylation sites is 2. The average molecular weight is 735 g/mol. The van der Waals surface area contributed by atoms with Gasteiger partial charge in [0, 0.05) is 55.7 Å². The molecule has 1 aliphatic heterocycles. The first-order valence-electron chi connectivity index (χ1n) is 19.1. The van der Waals surface area contributed by atoms with Gasteiger partial charge in [-0.3, -0.25) is 0 Å². The number of fused-ring (bicyclic) bond motifs is 6. The van der Waals surface area contributed by atoms with E-state index in [1.807, 2.05) is 66.7 Å². The van der Waals surface area contributed by atoms with Crippen LogP contribution in [0.25, 0.3) is 55.0 Å². The van der Waals surface area contributed by atoms with Gasteiger partial charge in [-0.15, -0.1) is 0 Å². The summed E-state index contributed by atoms with van der Waals surface area (Å²) in [6, 6.07) is 66.9. The summed E-state index contributed by atoms with van der Waals surface area (Å²) < 4.78 is 13.0. The van der Waals surface area contributed by atoms with Gasteiger partial charge in [0.25, 0.3) is 0 Å². The number of rotatable bonds is 7. The van der Waals surface area contributed by atoms with Gasteiger partial charge in [0.2, 0.25) is 0 Å². The van der Waals surface area contributed by atoms with Gasteiger partial charge in [-0.25, -0.2) is 9.98 Å². The Kier molecular flexibility index (Phi) is 7.78. The fourth-order valence-corrected chi connectivity index (χ4v) is 8.02. The van der Waals surface area contributed by atoms with Crippen LogP contribution in [0.5, 0.6) is 0 Å². The molecule has 10 aromatic rings. The van der Waals surface area contributed by atoms with E-state index in [9.17, 15) is 0 Å². The van der Waals surface area contributed by atoms with Crippen molar-refractivity contribution in [3.63, 3.8) is 0 Å². The predicted molar refractivity (Wildman–Crippen MR) is 233 cm³/mol. The van der Waals surface area contributed by atoms with Crippen molar-refractivity contribution in [2.24, 2.45) is 9.98 Å². The predicted octanol–water partition coefficient (Wildman–Crippen LogP) is 13.1. The Morgan fingerprint density at radius 1 is 0.421 bits per heavy atom. The van der Waals surface area contributed by atoms with E-state index >= 15 is 0 Å². The molecule has 57 heavy (non-hydrogen) atoms. The molecule has 0 radical (unpaired) electrons. The molecule has 0 bridgehead atoms. The Labute approximate surface area is 328 Å². The van der Waals surface area contributed by atoms with Gasteiger partial charge < -0.3 is 19.1 Å². The summed E-state index contributed by atoms with van der Waals surface area (Å²) in [5.41, 5.74) is 11.4. The molecule has 1 aliphatic rings. The standard InChI is InChI=1S/C51H34N4O2/c1-4-14-33(15-5-1)34-24-26-37(27-25-34)55(38-28-29-46-42(30-38)40-20-10-12-22-44(40)56-46)39-31-43(48-41-21-11-13-23-45(41)57-47(48)32-39)51-53-49(35-16-6-2-7-17-35)52-50(54-51)36-18-8-3-9-19-36/h1-32,51H,(H,52,53,54). The average Bonchev–Trinajstić information content (AvgIpc) is 3.85. The highest BCUT2D eigenvalue weighted by Gasteiger charge is 2.27. The van der Waals surface area contributed by atoms with E-state index in [4.69, 9.17) is 18.8 Å². The van der Waals surface area contributed by atoms with Crippen molar-refractivity contribution in [2.45, 2.75) is 6.17 Å². The third-order valence-electron chi connectivity index (χ3n) is 10.7. The number of nitrogens with one attached hydrogen (secondary N) is 1. The van der Waals surface area contributed by atoms with E-state index in [1.54, 1.807) is 0 Å². The third-order valence-corrected chi connectivity index (χ3v) is 10.7. The fourth-order valence-electron chi connectivity index (χ4n) is 8.02. The highest BCUT2D eigenvalue weighted by Crippen LogP contribution is 2.44. The molecule has 270 valence electrons. The summed E-state index contributed by atoms with van der Waals surface area (Å²) in [7, 11) is 0. The summed E-state index contributed by atoms with van der Waals surface area (Å²) in [6.07, 6.45) is -0.487. The fraction of sp³-hybridized carbons (Fsp3) is 0.0196. The lowest BCUT2D eigenvalue weighted by molar-refractivity contribution is 0.662. The number of furan rings is 2. The molecule has 1 N–H and O–H groups in total. The second-order valence-corrected chi connectivity index (χ2v) is 14.2. The first-order valence-corrected chi connectivity index (χ1v) is 19.1. The van der Waals surface area contributed by atoms with E-state index in [0.717, 1.165) is 89.0 Å². The van der Waals surface area contributed by atoms with Crippen molar-refractivity contribution in [2.75, 3.05) is 4.90 Å². The van der Waals surface area contributed by atoms with Gasteiger partial charge in [-0.1, -0.05) is 140 Å². The number of aliphatic imine (C=N–C) groups is 2. The molecule has 1 unspecified atom stereocenters. The van der Waals surface area contributed by atoms with Gasteiger partial charge in [0.05, 0.1) is 5.69 Å². The second-order valence-electron chi connectivity index (χ2n) is 14.2. The molecule has 0 fully saturated rings. The molecule has 0 saturated heterocycles. The quantitative estimate of drug-likeness (QED) is 0.177. The maximum atomic E-state index is 6.71.